The summed E-state index contributed by atoms with van der Waals surface area (Å²) in [6, 6.07) is 16.4. The molecule has 0 bridgehead atoms. The van der Waals surface area contributed by atoms with Crippen molar-refractivity contribution in [1.82, 2.24) is 9.80 Å². The molecule has 0 unspecified atom stereocenters. The average Bonchev–Trinajstić information content (AvgIpc) is 2.99. The van der Waals surface area contributed by atoms with Gasteiger partial charge in [-0.15, -0.1) is 0 Å². The number of hydrogen-bond donors (Lipinski definition) is 0. The highest BCUT2D eigenvalue weighted by atomic mass is 19.4. The van der Waals surface area contributed by atoms with Crippen LogP contribution in [0, 0.1) is 13.8 Å². The molecule has 1 saturated heterocycles. The van der Waals surface area contributed by atoms with E-state index in [0.717, 1.165) is 28.6 Å². The Labute approximate surface area is 207 Å². The van der Waals surface area contributed by atoms with Gasteiger partial charge in [0.2, 0.25) is 0 Å². The molecule has 2 aliphatic rings. The van der Waals surface area contributed by atoms with Gasteiger partial charge in [0.25, 0.3) is 5.91 Å². The van der Waals surface area contributed by atoms with E-state index in [4.69, 9.17) is 9.73 Å². The Morgan fingerprint density at radius 1 is 0.972 bits per heavy atom. The highest BCUT2D eigenvalue weighted by Crippen LogP contribution is 2.39. The molecule has 2 aliphatic heterocycles. The summed E-state index contributed by atoms with van der Waals surface area (Å²) in [5.74, 6) is 1.47. The predicted molar refractivity (Wildman–Crippen MR) is 132 cm³/mol. The van der Waals surface area contributed by atoms with Crippen LogP contribution in [-0.4, -0.2) is 47.2 Å². The van der Waals surface area contributed by atoms with Crippen molar-refractivity contribution in [3.8, 4) is 11.5 Å². The average molecular weight is 494 g/mol. The molecule has 0 aliphatic carbocycles. The van der Waals surface area contributed by atoms with Crippen molar-refractivity contribution in [2.75, 3.05) is 19.6 Å². The second-order valence-corrected chi connectivity index (χ2v) is 9.35. The van der Waals surface area contributed by atoms with E-state index in [0.29, 0.717) is 30.3 Å². The number of piperazine rings is 1. The minimum absolute atomic E-state index is 0.272. The third kappa shape index (κ3) is 4.43. The first-order valence-electron chi connectivity index (χ1n) is 11.8. The van der Waals surface area contributed by atoms with E-state index in [2.05, 4.69) is 4.90 Å². The molecule has 1 amide bonds. The Hall–Kier alpha value is -3.81. The first kappa shape index (κ1) is 23.9. The molecule has 1 atom stereocenters. The lowest BCUT2D eigenvalue weighted by Crippen LogP contribution is -2.55. The van der Waals surface area contributed by atoms with Gasteiger partial charge in [-0.25, -0.2) is 4.99 Å². The molecule has 8 heteroatoms. The quantitative estimate of drug-likeness (QED) is 0.397. The van der Waals surface area contributed by atoms with E-state index in [1.165, 1.54) is 23.1 Å². The lowest BCUT2D eigenvalue weighted by atomic mass is 10.0. The summed E-state index contributed by atoms with van der Waals surface area (Å²) < 4.78 is 46.8. The Bertz CT molecular complexity index is 1370. The van der Waals surface area contributed by atoms with Gasteiger partial charge in [0.05, 0.1) is 16.7 Å². The van der Waals surface area contributed by atoms with Crippen LogP contribution in [0.25, 0.3) is 0 Å². The molecular formula is C28H26F3N3O2. The van der Waals surface area contributed by atoms with Crippen molar-refractivity contribution in [1.29, 1.82) is 0 Å². The number of carbonyl (C=O) groups is 1. The second-order valence-electron chi connectivity index (χ2n) is 9.35. The molecule has 36 heavy (non-hydrogen) atoms. The van der Waals surface area contributed by atoms with Gasteiger partial charge in [-0.1, -0.05) is 29.8 Å². The molecule has 0 spiro atoms. The number of alkyl halides is 3. The third-order valence-corrected chi connectivity index (χ3v) is 6.59. The zero-order valence-electron chi connectivity index (χ0n) is 20.3. The molecule has 0 saturated carbocycles. The number of halogens is 3. The largest absolute Gasteiger partial charge is 0.454 e. The zero-order valence-corrected chi connectivity index (χ0v) is 20.3. The Kier molecular flexibility index (Phi) is 5.98. The molecule has 2 heterocycles. The fourth-order valence-corrected chi connectivity index (χ4v) is 4.76. The number of amides is 1. The molecular weight excluding hydrogens is 467 g/mol. The van der Waals surface area contributed by atoms with Crippen molar-refractivity contribution in [2.45, 2.75) is 33.0 Å². The normalized spacial score (nSPS) is 17.5. The number of aliphatic imine (C=N–C) groups is 1. The maximum atomic E-state index is 13.5. The summed E-state index contributed by atoms with van der Waals surface area (Å²) in [6.45, 7) is 6.96. The van der Waals surface area contributed by atoms with Crippen LogP contribution >= 0.6 is 0 Å². The number of rotatable bonds is 1. The molecule has 1 fully saturated rings. The van der Waals surface area contributed by atoms with Crippen LogP contribution in [0.3, 0.4) is 0 Å². The van der Waals surface area contributed by atoms with Crippen molar-refractivity contribution >= 4 is 17.4 Å². The summed E-state index contributed by atoms with van der Waals surface area (Å²) in [4.78, 5) is 21.8. The van der Waals surface area contributed by atoms with E-state index < -0.39 is 17.6 Å². The van der Waals surface area contributed by atoms with Crippen LogP contribution in [0.2, 0.25) is 0 Å². The highest BCUT2D eigenvalue weighted by Gasteiger charge is 2.38. The van der Waals surface area contributed by atoms with Gasteiger partial charge in [0, 0.05) is 25.7 Å². The first-order chi connectivity index (χ1) is 17.1. The smallest absolute Gasteiger partial charge is 0.417 e. The van der Waals surface area contributed by atoms with Gasteiger partial charge in [-0.3, -0.25) is 4.79 Å². The van der Waals surface area contributed by atoms with E-state index >= 15 is 0 Å². The number of fused-ring (bicyclic) bond motifs is 2. The number of benzene rings is 3. The van der Waals surface area contributed by atoms with Gasteiger partial charge in [0.15, 0.2) is 5.75 Å². The number of amidine groups is 1. The predicted octanol–water partition coefficient (Wildman–Crippen LogP) is 6.35. The van der Waals surface area contributed by atoms with Crippen LogP contribution in [0.5, 0.6) is 11.5 Å². The number of aryl methyl sites for hydroxylation is 2. The molecule has 0 N–H and O–H groups in total. The summed E-state index contributed by atoms with van der Waals surface area (Å²) >= 11 is 0. The number of carbonyl (C=O) groups excluding carboxylic acids is 1. The zero-order chi connectivity index (χ0) is 25.6. The molecule has 5 nitrogen and oxygen atoms in total. The SMILES string of the molecule is Cc1ccc2c(c1)Oc1ccc(C)cc1C(N1CCN(C(=O)c3ccccc3C(F)(F)F)[C@@H](C)C1)=N2. The molecule has 5 rings (SSSR count). The van der Waals surface area contributed by atoms with Crippen molar-refractivity contribution in [3.05, 3.63) is 88.5 Å². The van der Waals surface area contributed by atoms with Crippen LogP contribution in [0.15, 0.2) is 65.7 Å². The fourth-order valence-electron chi connectivity index (χ4n) is 4.76. The van der Waals surface area contributed by atoms with Crippen LogP contribution in [0.4, 0.5) is 18.9 Å². The van der Waals surface area contributed by atoms with Gasteiger partial charge >= 0.3 is 6.18 Å². The van der Waals surface area contributed by atoms with Crippen LogP contribution < -0.4 is 4.74 Å². The maximum Gasteiger partial charge on any atom is 0.417 e. The Balaban J connectivity index is 1.46. The van der Waals surface area contributed by atoms with Crippen molar-refractivity contribution in [3.63, 3.8) is 0 Å². The van der Waals surface area contributed by atoms with Crippen molar-refractivity contribution in [2.24, 2.45) is 4.99 Å². The fraction of sp³-hybridized carbons (Fsp3) is 0.286. The van der Waals surface area contributed by atoms with Crippen LogP contribution in [0.1, 0.15) is 39.5 Å². The lowest BCUT2D eigenvalue weighted by molar-refractivity contribution is -0.138. The summed E-state index contributed by atoms with van der Waals surface area (Å²) in [5.41, 5.74) is 2.42. The highest BCUT2D eigenvalue weighted by molar-refractivity contribution is 6.04. The number of ether oxygens (including phenoxy) is 1. The summed E-state index contributed by atoms with van der Waals surface area (Å²) in [7, 11) is 0. The van der Waals surface area contributed by atoms with Gasteiger partial charge < -0.3 is 14.5 Å². The molecule has 0 radical (unpaired) electrons. The van der Waals surface area contributed by atoms with E-state index in [9.17, 15) is 18.0 Å². The second kappa shape index (κ2) is 9.00. The molecule has 3 aromatic carbocycles. The van der Waals surface area contributed by atoms with Gasteiger partial charge in [0.1, 0.15) is 17.3 Å². The number of hydrogen-bond acceptors (Lipinski definition) is 4. The Morgan fingerprint density at radius 3 is 2.44 bits per heavy atom. The van der Waals surface area contributed by atoms with E-state index in [1.807, 2.05) is 57.2 Å². The van der Waals surface area contributed by atoms with E-state index in [-0.39, 0.29) is 18.2 Å². The maximum absolute atomic E-state index is 13.5. The molecule has 3 aromatic rings. The summed E-state index contributed by atoms with van der Waals surface area (Å²) in [5, 5.41) is 0. The monoisotopic (exact) mass is 493 g/mol. The van der Waals surface area contributed by atoms with Gasteiger partial charge in [-0.2, -0.15) is 13.2 Å². The molecule has 186 valence electrons. The van der Waals surface area contributed by atoms with Gasteiger partial charge in [-0.05, 0) is 62.7 Å². The lowest BCUT2D eigenvalue weighted by Gasteiger charge is -2.41. The Morgan fingerprint density at radius 2 is 1.69 bits per heavy atom. The third-order valence-electron chi connectivity index (χ3n) is 6.59. The molecule has 0 aromatic heterocycles. The van der Waals surface area contributed by atoms with Crippen molar-refractivity contribution < 1.29 is 22.7 Å². The minimum atomic E-state index is -4.60. The minimum Gasteiger partial charge on any atom is -0.454 e. The van der Waals surface area contributed by atoms with Crippen LogP contribution in [-0.2, 0) is 6.18 Å². The standard InChI is InChI=1S/C28H26F3N3O2/c1-17-9-11-24-21(14-17)26(32-23-10-8-18(2)15-25(23)36-24)33-12-13-34(19(3)16-33)27(35)20-6-4-5-7-22(20)28(29,30)31/h4-11,14-15,19H,12-13,16H2,1-3H3/t19-/m0/s1. The summed E-state index contributed by atoms with van der Waals surface area (Å²) in [6.07, 6.45) is -4.60. The topological polar surface area (TPSA) is 45.1 Å². The number of nitrogens with zero attached hydrogens (tertiary/aromatic N) is 3. The van der Waals surface area contributed by atoms with E-state index in [1.54, 1.807) is 0 Å². The first-order valence-corrected chi connectivity index (χ1v) is 11.8.